The molecule has 4 aromatic rings. The third-order valence-corrected chi connectivity index (χ3v) is 4.10. The molecular weight excluding hydrogens is 366 g/mol. The number of carbonyl (C=O) groups is 1. The number of carbonyl (C=O) groups excluding carboxylic acids is 1. The van der Waals surface area contributed by atoms with Crippen molar-refractivity contribution in [2.45, 2.75) is 6.92 Å². The van der Waals surface area contributed by atoms with Crippen LogP contribution in [0, 0.1) is 6.92 Å². The maximum absolute atomic E-state index is 12.4. The molecule has 0 fully saturated rings. The highest BCUT2D eigenvalue weighted by atomic mass is 16.2. The minimum atomic E-state index is -0.390. The normalized spacial score (nSPS) is 10.4. The van der Waals surface area contributed by atoms with Gasteiger partial charge < -0.3 is 0 Å². The van der Waals surface area contributed by atoms with E-state index in [0.717, 1.165) is 11.1 Å². The van der Waals surface area contributed by atoms with E-state index in [9.17, 15) is 4.79 Å². The molecular formula is C21H17N7O. The second-order valence-corrected chi connectivity index (χ2v) is 6.21. The SMILES string of the molecule is Cc1ccc(-c2nnc(-c3ccccn3)nc2NNC(=O)c2ccccn2)cc1. The number of hydrogen-bond acceptors (Lipinski definition) is 7. The van der Waals surface area contributed by atoms with Crippen LogP contribution in [0.25, 0.3) is 22.8 Å². The molecule has 2 N–H and O–H groups in total. The van der Waals surface area contributed by atoms with Gasteiger partial charge in [-0.25, -0.2) is 4.98 Å². The summed E-state index contributed by atoms with van der Waals surface area (Å²) >= 11 is 0. The van der Waals surface area contributed by atoms with E-state index in [0.29, 0.717) is 23.0 Å². The minimum absolute atomic E-state index is 0.281. The average Bonchev–Trinajstić information content (AvgIpc) is 2.79. The number of aromatic nitrogens is 5. The van der Waals surface area contributed by atoms with Crippen molar-refractivity contribution in [1.82, 2.24) is 30.6 Å². The number of nitrogens with one attached hydrogen (secondary N) is 2. The number of rotatable bonds is 5. The van der Waals surface area contributed by atoms with Crippen LogP contribution in [0.5, 0.6) is 0 Å². The fourth-order valence-electron chi connectivity index (χ4n) is 2.60. The molecule has 0 unspecified atom stereocenters. The van der Waals surface area contributed by atoms with Crippen molar-refractivity contribution in [3.63, 3.8) is 0 Å². The van der Waals surface area contributed by atoms with E-state index in [-0.39, 0.29) is 5.69 Å². The van der Waals surface area contributed by atoms with Gasteiger partial charge >= 0.3 is 0 Å². The molecule has 3 aromatic heterocycles. The number of aryl methyl sites for hydroxylation is 1. The quantitative estimate of drug-likeness (QED) is 0.510. The number of anilines is 1. The van der Waals surface area contributed by atoms with Gasteiger partial charge in [-0.1, -0.05) is 42.0 Å². The third-order valence-electron chi connectivity index (χ3n) is 4.10. The van der Waals surface area contributed by atoms with E-state index in [4.69, 9.17) is 0 Å². The highest BCUT2D eigenvalue weighted by Gasteiger charge is 2.15. The Kier molecular flexibility index (Phi) is 5.15. The van der Waals surface area contributed by atoms with Crippen molar-refractivity contribution in [3.8, 4) is 22.8 Å². The largest absolute Gasteiger partial charge is 0.288 e. The fourth-order valence-corrected chi connectivity index (χ4v) is 2.60. The predicted octanol–water partition coefficient (Wildman–Crippen LogP) is 3.06. The summed E-state index contributed by atoms with van der Waals surface area (Å²) in [5, 5.41) is 8.53. The Morgan fingerprint density at radius 2 is 1.62 bits per heavy atom. The molecule has 0 bridgehead atoms. The van der Waals surface area contributed by atoms with Gasteiger partial charge in [0.2, 0.25) is 5.82 Å². The number of pyridine rings is 2. The molecule has 8 heteroatoms. The highest BCUT2D eigenvalue weighted by molar-refractivity contribution is 5.93. The van der Waals surface area contributed by atoms with Crippen LogP contribution in [0.3, 0.4) is 0 Å². The Labute approximate surface area is 167 Å². The molecule has 0 aliphatic rings. The van der Waals surface area contributed by atoms with Gasteiger partial charge in [-0.3, -0.25) is 25.6 Å². The second kappa shape index (κ2) is 8.22. The van der Waals surface area contributed by atoms with E-state index in [1.54, 1.807) is 36.7 Å². The van der Waals surface area contributed by atoms with E-state index in [2.05, 4.69) is 36.0 Å². The molecule has 0 spiro atoms. The Morgan fingerprint density at radius 3 is 2.31 bits per heavy atom. The van der Waals surface area contributed by atoms with Crippen LogP contribution >= 0.6 is 0 Å². The summed E-state index contributed by atoms with van der Waals surface area (Å²) in [7, 11) is 0. The predicted molar refractivity (Wildman–Crippen MR) is 109 cm³/mol. The summed E-state index contributed by atoms with van der Waals surface area (Å²) in [5.74, 6) is 0.309. The third kappa shape index (κ3) is 4.22. The summed E-state index contributed by atoms with van der Waals surface area (Å²) in [6, 6.07) is 18.3. The van der Waals surface area contributed by atoms with Crippen molar-refractivity contribution in [2.24, 2.45) is 0 Å². The van der Waals surface area contributed by atoms with E-state index >= 15 is 0 Å². The standard InChI is InChI=1S/C21H17N7O/c1-14-8-10-15(11-9-14)18-20(27-28-21(29)17-7-3-5-13-23-17)24-19(26-25-18)16-6-2-4-12-22-16/h2-13H,1H3,(H,28,29)(H,24,26,27). The van der Waals surface area contributed by atoms with Crippen LogP contribution in [-0.2, 0) is 0 Å². The lowest BCUT2D eigenvalue weighted by Crippen LogP contribution is -2.31. The lowest BCUT2D eigenvalue weighted by Gasteiger charge is -2.12. The first-order valence-corrected chi connectivity index (χ1v) is 8.91. The van der Waals surface area contributed by atoms with Gasteiger partial charge in [0.1, 0.15) is 17.1 Å². The summed E-state index contributed by atoms with van der Waals surface area (Å²) in [5.41, 5.74) is 8.77. The van der Waals surface area contributed by atoms with Crippen molar-refractivity contribution in [1.29, 1.82) is 0 Å². The fraction of sp³-hybridized carbons (Fsp3) is 0.0476. The van der Waals surface area contributed by atoms with Gasteiger partial charge in [0.05, 0.1) is 0 Å². The zero-order chi connectivity index (χ0) is 20.1. The number of amides is 1. The second-order valence-electron chi connectivity index (χ2n) is 6.21. The summed E-state index contributed by atoms with van der Waals surface area (Å²) in [6.45, 7) is 2.00. The van der Waals surface area contributed by atoms with E-state index in [1.807, 2.05) is 43.3 Å². The molecule has 0 saturated heterocycles. The summed E-state index contributed by atoms with van der Waals surface area (Å²) in [4.78, 5) is 25.2. The molecule has 29 heavy (non-hydrogen) atoms. The molecule has 0 atom stereocenters. The molecule has 4 rings (SSSR count). The van der Waals surface area contributed by atoms with Gasteiger partial charge in [0, 0.05) is 18.0 Å². The zero-order valence-electron chi connectivity index (χ0n) is 15.6. The topological polar surface area (TPSA) is 106 Å². The molecule has 1 aromatic carbocycles. The van der Waals surface area contributed by atoms with Crippen LogP contribution in [0.1, 0.15) is 16.1 Å². The molecule has 0 saturated carbocycles. The molecule has 0 radical (unpaired) electrons. The number of benzene rings is 1. The Balaban J connectivity index is 1.68. The number of nitrogens with zero attached hydrogens (tertiary/aromatic N) is 5. The van der Waals surface area contributed by atoms with E-state index in [1.165, 1.54) is 0 Å². The van der Waals surface area contributed by atoms with Crippen LogP contribution in [-0.4, -0.2) is 31.1 Å². The van der Waals surface area contributed by atoms with Gasteiger partial charge in [0.15, 0.2) is 5.82 Å². The Bertz CT molecular complexity index is 1120. The van der Waals surface area contributed by atoms with Gasteiger partial charge in [0.25, 0.3) is 5.91 Å². The summed E-state index contributed by atoms with van der Waals surface area (Å²) in [6.07, 6.45) is 3.21. The highest BCUT2D eigenvalue weighted by Crippen LogP contribution is 2.25. The number of hydrogen-bond donors (Lipinski definition) is 2. The zero-order valence-corrected chi connectivity index (χ0v) is 15.6. The van der Waals surface area contributed by atoms with Crippen LogP contribution in [0.15, 0.2) is 73.1 Å². The number of hydrazine groups is 1. The molecule has 0 aliphatic heterocycles. The molecule has 8 nitrogen and oxygen atoms in total. The molecule has 0 aliphatic carbocycles. The average molecular weight is 383 g/mol. The first kappa shape index (κ1) is 18.2. The Morgan fingerprint density at radius 1 is 0.862 bits per heavy atom. The maximum atomic E-state index is 12.4. The van der Waals surface area contributed by atoms with Gasteiger partial charge in [-0.2, -0.15) is 0 Å². The van der Waals surface area contributed by atoms with Crippen molar-refractivity contribution >= 4 is 11.7 Å². The maximum Gasteiger partial charge on any atom is 0.288 e. The first-order valence-electron chi connectivity index (χ1n) is 8.91. The van der Waals surface area contributed by atoms with Gasteiger partial charge in [-0.05, 0) is 31.2 Å². The lowest BCUT2D eigenvalue weighted by molar-refractivity contribution is 0.0957. The molecule has 142 valence electrons. The van der Waals surface area contributed by atoms with Crippen molar-refractivity contribution in [3.05, 3.63) is 84.3 Å². The Hall–Kier alpha value is -4.20. The van der Waals surface area contributed by atoms with Crippen molar-refractivity contribution in [2.75, 3.05) is 5.43 Å². The smallest absolute Gasteiger partial charge is 0.280 e. The molecule has 1 amide bonds. The first-order chi connectivity index (χ1) is 14.2. The minimum Gasteiger partial charge on any atom is -0.280 e. The van der Waals surface area contributed by atoms with Crippen LogP contribution < -0.4 is 10.9 Å². The van der Waals surface area contributed by atoms with Crippen LogP contribution in [0.2, 0.25) is 0 Å². The van der Waals surface area contributed by atoms with Crippen molar-refractivity contribution < 1.29 is 4.79 Å². The van der Waals surface area contributed by atoms with Gasteiger partial charge in [-0.15, -0.1) is 10.2 Å². The summed E-state index contributed by atoms with van der Waals surface area (Å²) < 4.78 is 0. The van der Waals surface area contributed by atoms with E-state index < -0.39 is 5.91 Å². The lowest BCUT2D eigenvalue weighted by atomic mass is 10.1. The monoisotopic (exact) mass is 383 g/mol. The van der Waals surface area contributed by atoms with Crippen LogP contribution in [0.4, 0.5) is 5.82 Å². The molecule has 3 heterocycles.